The van der Waals surface area contributed by atoms with Gasteiger partial charge >= 0.3 is 6.18 Å². The van der Waals surface area contributed by atoms with Gasteiger partial charge in [0.05, 0.1) is 12.5 Å². The van der Waals surface area contributed by atoms with E-state index < -0.39 is 18.1 Å². The molecule has 96 valence electrons. The first-order chi connectivity index (χ1) is 7.89. The van der Waals surface area contributed by atoms with Gasteiger partial charge in [0.2, 0.25) is 0 Å². The van der Waals surface area contributed by atoms with Crippen molar-refractivity contribution in [3.05, 3.63) is 12.2 Å². The number of hydrogen-bond donors (Lipinski definition) is 1. The lowest BCUT2D eigenvalue weighted by Crippen LogP contribution is -2.51. The Morgan fingerprint density at radius 3 is 2.29 bits per heavy atom. The molecule has 0 radical (unpaired) electrons. The van der Waals surface area contributed by atoms with Gasteiger partial charge in [-0.05, 0) is 18.8 Å². The molecule has 0 bridgehead atoms. The van der Waals surface area contributed by atoms with Crippen LogP contribution in [0.4, 0.5) is 13.2 Å². The van der Waals surface area contributed by atoms with Gasteiger partial charge < -0.3 is 5.73 Å². The molecule has 0 spiro atoms. The summed E-state index contributed by atoms with van der Waals surface area (Å²) in [5.41, 5.74) is 2.77. The number of alkyl halides is 3. The van der Waals surface area contributed by atoms with Crippen molar-refractivity contribution in [1.29, 1.82) is 5.26 Å². The van der Waals surface area contributed by atoms with Gasteiger partial charge in [0.25, 0.3) is 0 Å². The molecule has 1 atom stereocenters. The SMILES string of the molecule is N#CCC(N)(/C=C/C1CCCCC1)C(F)(F)F. The van der Waals surface area contributed by atoms with Crippen LogP contribution in [0.3, 0.4) is 0 Å². The van der Waals surface area contributed by atoms with Crippen LogP contribution in [0.25, 0.3) is 0 Å². The number of nitrogens with zero attached hydrogens (tertiary/aromatic N) is 1. The average molecular weight is 246 g/mol. The van der Waals surface area contributed by atoms with Gasteiger partial charge in [0.1, 0.15) is 5.54 Å². The maximum absolute atomic E-state index is 12.7. The number of nitriles is 1. The molecule has 0 aromatic heterocycles. The van der Waals surface area contributed by atoms with E-state index >= 15 is 0 Å². The van der Waals surface area contributed by atoms with Crippen molar-refractivity contribution < 1.29 is 13.2 Å². The molecule has 1 aliphatic carbocycles. The van der Waals surface area contributed by atoms with E-state index in [1.807, 2.05) is 0 Å². The van der Waals surface area contributed by atoms with Gasteiger partial charge in [-0.3, -0.25) is 0 Å². The van der Waals surface area contributed by atoms with Crippen molar-refractivity contribution in [2.24, 2.45) is 11.7 Å². The Morgan fingerprint density at radius 2 is 1.82 bits per heavy atom. The lowest BCUT2D eigenvalue weighted by molar-refractivity contribution is -0.170. The van der Waals surface area contributed by atoms with Gasteiger partial charge in [-0.25, -0.2) is 0 Å². The Balaban J connectivity index is 2.72. The fourth-order valence-electron chi connectivity index (χ4n) is 2.02. The molecule has 1 saturated carbocycles. The Morgan fingerprint density at radius 1 is 1.24 bits per heavy atom. The van der Waals surface area contributed by atoms with Gasteiger partial charge in [-0.15, -0.1) is 0 Å². The maximum Gasteiger partial charge on any atom is 0.411 e. The quantitative estimate of drug-likeness (QED) is 0.777. The molecule has 1 fully saturated rings. The van der Waals surface area contributed by atoms with Crippen LogP contribution in [-0.4, -0.2) is 11.7 Å². The van der Waals surface area contributed by atoms with Gasteiger partial charge in [-0.2, -0.15) is 18.4 Å². The normalized spacial score (nSPS) is 22.3. The second-order valence-corrected chi connectivity index (χ2v) is 4.63. The van der Waals surface area contributed by atoms with Crippen molar-refractivity contribution >= 4 is 0 Å². The minimum atomic E-state index is -4.58. The standard InChI is InChI=1S/C12H17F3N2/c13-12(14,15)11(17,8-9-16)7-6-10-4-2-1-3-5-10/h6-7,10H,1-5,8,17H2/b7-6+. The number of halogens is 3. The van der Waals surface area contributed by atoms with Crippen LogP contribution >= 0.6 is 0 Å². The highest BCUT2D eigenvalue weighted by Crippen LogP contribution is 2.33. The number of allylic oxidation sites excluding steroid dienone is 1. The minimum absolute atomic E-state index is 0.174. The van der Waals surface area contributed by atoms with Crippen molar-refractivity contribution in [2.75, 3.05) is 0 Å². The van der Waals surface area contributed by atoms with Crippen molar-refractivity contribution in [3.63, 3.8) is 0 Å². The molecule has 2 nitrogen and oxygen atoms in total. The number of hydrogen-bond acceptors (Lipinski definition) is 2. The molecule has 0 heterocycles. The second-order valence-electron chi connectivity index (χ2n) is 4.63. The largest absolute Gasteiger partial charge is 0.411 e. The molecule has 1 unspecified atom stereocenters. The van der Waals surface area contributed by atoms with Crippen LogP contribution in [0.5, 0.6) is 0 Å². The molecule has 5 heteroatoms. The monoisotopic (exact) mass is 246 g/mol. The third-order valence-corrected chi connectivity index (χ3v) is 3.21. The highest BCUT2D eigenvalue weighted by atomic mass is 19.4. The van der Waals surface area contributed by atoms with E-state index in [9.17, 15) is 13.2 Å². The smallest absolute Gasteiger partial charge is 0.314 e. The fourth-order valence-corrected chi connectivity index (χ4v) is 2.02. The Hall–Kier alpha value is -1.02. The highest BCUT2D eigenvalue weighted by Gasteiger charge is 2.50. The van der Waals surface area contributed by atoms with Crippen LogP contribution in [0, 0.1) is 17.2 Å². The van der Waals surface area contributed by atoms with Crippen molar-refractivity contribution in [2.45, 2.75) is 50.2 Å². The van der Waals surface area contributed by atoms with Crippen LogP contribution < -0.4 is 5.73 Å². The van der Waals surface area contributed by atoms with E-state index in [1.165, 1.54) is 6.07 Å². The molecule has 0 aromatic carbocycles. The van der Waals surface area contributed by atoms with E-state index in [4.69, 9.17) is 11.0 Å². The number of nitrogens with two attached hydrogens (primary N) is 1. The first kappa shape index (κ1) is 14.0. The topological polar surface area (TPSA) is 49.8 Å². The molecule has 0 aliphatic heterocycles. The maximum atomic E-state index is 12.7. The zero-order chi connectivity index (χ0) is 12.9. The summed E-state index contributed by atoms with van der Waals surface area (Å²) in [4.78, 5) is 0. The fraction of sp³-hybridized carbons (Fsp3) is 0.750. The predicted molar refractivity (Wildman–Crippen MR) is 58.9 cm³/mol. The summed E-state index contributed by atoms with van der Waals surface area (Å²) in [6, 6.07) is 1.51. The molecule has 0 saturated heterocycles. The molecule has 0 amide bonds. The van der Waals surface area contributed by atoms with E-state index in [1.54, 1.807) is 6.08 Å². The Bertz CT molecular complexity index is 311. The third kappa shape index (κ3) is 3.74. The van der Waals surface area contributed by atoms with Gasteiger partial charge in [0.15, 0.2) is 0 Å². The van der Waals surface area contributed by atoms with Gasteiger partial charge in [-0.1, -0.05) is 31.4 Å². The first-order valence-corrected chi connectivity index (χ1v) is 5.81. The van der Waals surface area contributed by atoms with Crippen molar-refractivity contribution in [3.8, 4) is 6.07 Å². The number of rotatable bonds is 3. The molecule has 1 aliphatic rings. The predicted octanol–water partition coefficient (Wildman–Crippen LogP) is 3.30. The van der Waals surface area contributed by atoms with E-state index in [0.29, 0.717) is 0 Å². The van der Waals surface area contributed by atoms with E-state index in [-0.39, 0.29) is 5.92 Å². The second kappa shape index (κ2) is 5.54. The first-order valence-electron chi connectivity index (χ1n) is 5.81. The lowest BCUT2D eigenvalue weighted by Gasteiger charge is -2.27. The summed E-state index contributed by atoms with van der Waals surface area (Å²) in [5, 5.41) is 8.44. The third-order valence-electron chi connectivity index (χ3n) is 3.21. The van der Waals surface area contributed by atoms with Crippen LogP contribution in [0.15, 0.2) is 12.2 Å². The molecular formula is C12H17F3N2. The molecule has 0 aromatic rings. The molecule has 17 heavy (non-hydrogen) atoms. The summed E-state index contributed by atoms with van der Waals surface area (Å²) >= 11 is 0. The minimum Gasteiger partial charge on any atom is -0.314 e. The average Bonchev–Trinajstić information content (AvgIpc) is 2.27. The summed E-state index contributed by atoms with van der Waals surface area (Å²) in [7, 11) is 0. The highest BCUT2D eigenvalue weighted by molar-refractivity contribution is 5.14. The summed E-state index contributed by atoms with van der Waals surface area (Å²) in [6.07, 6.45) is 2.29. The molecule has 1 rings (SSSR count). The van der Waals surface area contributed by atoms with Crippen LogP contribution in [0.2, 0.25) is 0 Å². The summed E-state index contributed by atoms with van der Waals surface area (Å²) in [6.45, 7) is 0. The Kier molecular flexibility index (Phi) is 4.58. The Labute approximate surface area is 99.3 Å². The lowest BCUT2D eigenvalue weighted by atomic mass is 9.86. The zero-order valence-electron chi connectivity index (χ0n) is 9.63. The van der Waals surface area contributed by atoms with E-state index in [2.05, 4.69) is 0 Å². The zero-order valence-corrected chi connectivity index (χ0v) is 9.63. The van der Waals surface area contributed by atoms with E-state index in [0.717, 1.165) is 38.2 Å². The van der Waals surface area contributed by atoms with Crippen molar-refractivity contribution in [1.82, 2.24) is 0 Å². The van der Waals surface area contributed by atoms with Gasteiger partial charge in [0, 0.05) is 0 Å². The molecular weight excluding hydrogens is 229 g/mol. The van der Waals surface area contributed by atoms with Crippen LogP contribution in [-0.2, 0) is 0 Å². The van der Waals surface area contributed by atoms with Crippen LogP contribution in [0.1, 0.15) is 38.5 Å². The summed E-state index contributed by atoms with van der Waals surface area (Å²) in [5.74, 6) is 0.174. The molecule has 2 N–H and O–H groups in total. The summed E-state index contributed by atoms with van der Waals surface area (Å²) < 4.78 is 38.2.